The number of hydrogen-bond donors (Lipinski definition) is 2. The van der Waals surface area contributed by atoms with Crippen molar-refractivity contribution in [2.24, 2.45) is 10.9 Å². The van der Waals surface area contributed by atoms with Crippen molar-refractivity contribution in [2.75, 3.05) is 25.5 Å². The number of methoxy groups -OCH3 is 1. The molecule has 0 amide bonds. The zero-order valence-corrected chi connectivity index (χ0v) is 21.5. The van der Waals surface area contributed by atoms with Gasteiger partial charge in [-0.05, 0) is 56.9 Å². The highest BCUT2D eigenvalue weighted by Crippen LogP contribution is 2.25. The topological polar surface area (TPSA) is 75.6 Å². The Morgan fingerprint density at radius 1 is 1.31 bits per heavy atom. The predicted octanol–water partition coefficient (Wildman–Crippen LogP) is 5.34. The molecule has 2 rings (SSSR count). The van der Waals surface area contributed by atoms with Crippen LogP contribution in [-0.4, -0.2) is 40.4 Å². The van der Waals surface area contributed by atoms with E-state index in [1.807, 2.05) is 40.7 Å². The maximum atomic E-state index is 14.2. The Bertz CT molecular complexity index is 845. The highest BCUT2D eigenvalue weighted by atomic mass is 32.2. The van der Waals surface area contributed by atoms with Crippen molar-refractivity contribution >= 4 is 22.8 Å². The molecule has 2 atom stereocenters. The molecule has 180 valence electrons. The summed E-state index contributed by atoms with van der Waals surface area (Å²) in [6, 6.07) is 2.83. The number of ether oxygens (including phenoxy) is 1. The molecule has 0 fully saturated rings. The summed E-state index contributed by atoms with van der Waals surface area (Å²) in [5.74, 6) is 0.959. The van der Waals surface area contributed by atoms with Gasteiger partial charge in [-0.25, -0.2) is 4.98 Å². The average Bonchev–Trinajstić information content (AvgIpc) is 2.83. The van der Waals surface area contributed by atoms with Crippen molar-refractivity contribution in [2.45, 2.75) is 65.7 Å². The summed E-state index contributed by atoms with van der Waals surface area (Å²) >= 11 is 0. The zero-order valence-electron chi connectivity index (χ0n) is 20.7. The van der Waals surface area contributed by atoms with Crippen LogP contribution in [-0.2, 0) is 15.5 Å². The molecule has 32 heavy (non-hydrogen) atoms. The molecule has 0 saturated heterocycles. The Hall–Kier alpha value is -2.22. The van der Waals surface area contributed by atoms with Crippen molar-refractivity contribution in [3.8, 4) is 0 Å². The zero-order chi connectivity index (χ0) is 24.3. The summed E-state index contributed by atoms with van der Waals surface area (Å²) < 4.78 is 32.2. The van der Waals surface area contributed by atoms with Crippen molar-refractivity contribution in [1.82, 2.24) is 10.3 Å². The average molecular weight is 467 g/mol. The summed E-state index contributed by atoms with van der Waals surface area (Å²) in [5, 5.41) is 6.35. The molecule has 0 bridgehead atoms. The number of aromatic nitrogens is 1. The molecule has 1 aromatic rings. The minimum absolute atomic E-state index is 0.374. The van der Waals surface area contributed by atoms with Crippen molar-refractivity contribution in [3.05, 3.63) is 46.6 Å². The van der Waals surface area contributed by atoms with Crippen LogP contribution in [0.3, 0.4) is 0 Å². The third-order valence-electron chi connectivity index (χ3n) is 4.48. The van der Waals surface area contributed by atoms with Gasteiger partial charge < -0.3 is 15.4 Å². The summed E-state index contributed by atoms with van der Waals surface area (Å²) in [6.45, 7) is 15.1. The van der Waals surface area contributed by atoms with Crippen LogP contribution in [0.15, 0.2) is 40.1 Å². The molecule has 8 heteroatoms. The van der Waals surface area contributed by atoms with Crippen LogP contribution in [0.25, 0.3) is 0 Å². The van der Waals surface area contributed by atoms with Crippen LogP contribution < -0.4 is 10.6 Å². The smallest absolute Gasteiger partial charge is 0.215 e. The Kier molecular flexibility index (Phi) is 11.6. The standard InChI is InChI=1S/C22H33FN4O2S.C2H6/c1-15(2)7-10-25-21-12-16(11-20(23)27-21)17-13-24-9-8-18(29-6)19(14-26-17)30(28)22(3,4)5;1-2/h8-9,11-12,14-15,17,24H,7,10,13H2,1-6H3,(H,25,27);1-2H3/b9-8+,19-18-,26-14?;. The number of allylic oxidation sites excluding steroid dienone is 2. The van der Waals surface area contributed by atoms with E-state index in [-0.39, 0.29) is 6.04 Å². The van der Waals surface area contributed by atoms with Crippen molar-refractivity contribution < 1.29 is 13.3 Å². The first-order valence-electron chi connectivity index (χ1n) is 11.2. The van der Waals surface area contributed by atoms with Crippen LogP contribution in [0.5, 0.6) is 0 Å². The molecular formula is C24H39FN4O2S. The van der Waals surface area contributed by atoms with E-state index in [1.54, 1.807) is 18.5 Å². The highest BCUT2D eigenvalue weighted by Gasteiger charge is 2.26. The van der Waals surface area contributed by atoms with Crippen molar-refractivity contribution in [1.29, 1.82) is 0 Å². The van der Waals surface area contributed by atoms with Gasteiger partial charge >= 0.3 is 0 Å². The second-order valence-electron chi connectivity index (χ2n) is 8.57. The molecule has 0 aromatic carbocycles. The van der Waals surface area contributed by atoms with Crippen LogP contribution in [0.1, 0.15) is 66.5 Å². The Labute approximate surface area is 195 Å². The lowest BCUT2D eigenvalue weighted by atomic mass is 10.1. The molecule has 1 aliphatic rings. The number of pyridine rings is 1. The van der Waals surface area contributed by atoms with Crippen LogP contribution >= 0.6 is 0 Å². The number of halogens is 1. The van der Waals surface area contributed by atoms with Gasteiger partial charge in [-0.15, -0.1) is 0 Å². The van der Waals surface area contributed by atoms with Gasteiger partial charge in [-0.2, -0.15) is 4.39 Å². The summed E-state index contributed by atoms with van der Waals surface area (Å²) in [7, 11) is 0.196. The third kappa shape index (κ3) is 8.73. The number of rotatable bonds is 7. The molecule has 0 radical (unpaired) electrons. The van der Waals surface area contributed by atoms with Gasteiger partial charge in [-0.1, -0.05) is 27.7 Å². The summed E-state index contributed by atoms with van der Waals surface area (Å²) in [5.41, 5.74) is 0.688. The second kappa shape index (κ2) is 13.4. The van der Waals surface area contributed by atoms with Gasteiger partial charge in [0, 0.05) is 30.3 Å². The fraction of sp³-hybridized carbons (Fsp3) is 0.583. The number of nitrogens with one attached hydrogen (secondary N) is 2. The quantitative estimate of drug-likeness (QED) is 0.531. The molecule has 1 aromatic heterocycles. The first kappa shape index (κ1) is 27.8. The lowest BCUT2D eigenvalue weighted by Gasteiger charge is -2.20. The second-order valence-corrected chi connectivity index (χ2v) is 10.8. The molecular weight excluding hydrogens is 427 g/mol. The maximum absolute atomic E-state index is 14.2. The van der Waals surface area contributed by atoms with E-state index in [0.717, 1.165) is 13.0 Å². The largest absolute Gasteiger partial charge is 0.495 e. The Morgan fingerprint density at radius 3 is 2.59 bits per heavy atom. The van der Waals surface area contributed by atoms with Crippen LogP contribution in [0, 0.1) is 11.9 Å². The van der Waals surface area contributed by atoms with E-state index < -0.39 is 21.5 Å². The number of anilines is 1. The molecule has 2 unspecified atom stereocenters. The minimum atomic E-state index is -1.34. The van der Waals surface area contributed by atoms with E-state index in [4.69, 9.17) is 4.74 Å². The SMILES string of the molecule is CC.COC1=C(\S(=O)C(C)(C)C)C=NC(c2cc(F)nc(NCCC(C)C)c2)CN\C=C\1. The monoisotopic (exact) mass is 466 g/mol. The molecule has 0 aliphatic carbocycles. The van der Waals surface area contributed by atoms with E-state index in [1.165, 1.54) is 13.2 Å². The molecule has 0 saturated carbocycles. The maximum Gasteiger partial charge on any atom is 0.215 e. The first-order valence-corrected chi connectivity index (χ1v) is 12.3. The molecule has 0 spiro atoms. The molecule has 6 nitrogen and oxygen atoms in total. The fourth-order valence-corrected chi connectivity index (χ4v) is 3.95. The number of aliphatic imine (C=N–C) groups is 1. The van der Waals surface area contributed by atoms with Crippen LogP contribution in [0.2, 0.25) is 0 Å². The number of nitrogens with zero attached hydrogens (tertiary/aromatic N) is 2. The first-order chi connectivity index (χ1) is 15.1. The lowest BCUT2D eigenvalue weighted by Crippen LogP contribution is -2.24. The Morgan fingerprint density at radius 2 is 2.00 bits per heavy atom. The third-order valence-corrected chi connectivity index (χ3v) is 6.30. The Balaban J connectivity index is 0.00000249. The van der Waals surface area contributed by atoms with Gasteiger partial charge in [0.2, 0.25) is 5.95 Å². The van der Waals surface area contributed by atoms with E-state index in [2.05, 4.69) is 34.5 Å². The minimum Gasteiger partial charge on any atom is -0.495 e. The lowest BCUT2D eigenvalue weighted by molar-refractivity contribution is 0.306. The summed E-state index contributed by atoms with van der Waals surface area (Å²) in [4.78, 5) is 9.08. The van der Waals surface area contributed by atoms with Gasteiger partial charge in [-0.3, -0.25) is 9.20 Å². The van der Waals surface area contributed by atoms with E-state index in [9.17, 15) is 8.60 Å². The highest BCUT2D eigenvalue weighted by molar-refractivity contribution is 7.91. The summed E-state index contributed by atoms with van der Waals surface area (Å²) in [6.07, 6.45) is 6.03. The van der Waals surface area contributed by atoms with E-state index >= 15 is 0 Å². The van der Waals surface area contributed by atoms with Gasteiger partial charge in [0.05, 0.1) is 28.9 Å². The van der Waals surface area contributed by atoms with Gasteiger partial charge in [0.1, 0.15) is 11.6 Å². The van der Waals surface area contributed by atoms with Gasteiger partial charge in [0.15, 0.2) is 0 Å². The fourth-order valence-electron chi connectivity index (χ4n) is 2.80. The molecule has 2 heterocycles. The van der Waals surface area contributed by atoms with Crippen molar-refractivity contribution in [3.63, 3.8) is 0 Å². The molecule has 2 N–H and O–H groups in total. The van der Waals surface area contributed by atoms with Gasteiger partial charge in [0.25, 0.3) is 0 Å². The van der Waals surface area contributed by atoms with E-state index in [0.29, 0.717) is 34.5 Å². The predicted molar refractivity (Wildman–Crippen MR) is 134 cm³/mol. The van der Waals surface area contributed by atoms with Crippen LogP contribution in [0.4, 0.5) is 10.2 Å². The number of hydrogen-bond acceptors (Lipinski definition) is 6. The normalized spacial score (nSPS) is 20.8. The molecule has 1 aliphatic heterocycles.